The van der Waals surface area contributed by atoms with E-state index in [2.05, 4.69) is 17.4 Å². The molecule has 0 unspecified atom stereocenters. The van der Waals surface area contributed by atoms with Gasteiger partial charge in [-0.15, -0.1) is 0 Å². The van der Waals surface area contributed by atoms with Gasteiger partial charge >= 0.3 is 0 Å². The standard InChI is InChI=1S/C17H21NO2/c1-17(2,3)16(19)18-11-12-5-6-14-10-15(20-4)8-7-13(14)9-12/h5-10H,11H2,1-4H3,(H,18,19). The Labute approximate surface area is 119 Å². The van der Waals surface area contributed by atoms with Crippen LogP contribution >= 0.6 is 0 Å². The van der Waals surface area contributed by atoms with Gasteiger partial charge in [0.1, 0.15) is 5.75 Å². The van der Waals surface area contributed by atoms with Gasteiger partial charge < -0.3 is 10.1 Å². The molecule has 2 aromatic rings. The van der Waals surface area contributed by atoms with Crippen molar-refractivity contribution in [1.29, 1.82) is 0 Å². The summed E-state index contributed by atoms with van der Waals surface area (Å²) in [5, 5.41) is 5.24. The number of ether oxygens (including phenoxy) is 1. The summed E-state index contributed by atoms with van der Waals surface area (Å²) in [6.07, 6.45) is 0. The fourth-order valence-corrected chi connectivity index (χ4v) is 1.96. The Balaban J connectivity index is 2.14. The molecular weight excluding hydrogens is 250 g/mol. The number of carbonyl (C=O) groups is 1. The summed E-state index contributed by atoms with van der Waals surface area (Å²) < 4.78 is 5.21. The Morgan fingerprint density at radius 2 is 1.75 bits per heavy atom. The quantitative estimate of drug-likeness (QED) is 0.927. The van der Waals surface area contributed by atoms with Crippen LogP contribution in [0.4, 0.5) is 0 Å². The largest absolute Gasteiger partial charge is 0.497 e. The number of hydrogen-bond acceptors (Lipinski definition) is 2. The van der Waals surface area contributed by atoms with E-state index < -0.39 is 0 Å². The van der Waals surface area contributed by atoms with E-state index in [0.29, 0.717) is 6.54 Å². The van der Waals surface area contributed by atoms with E-state index in [1.54, 1.807) is 7.11 Å². The second-order valence-electron chi connectivity index (χ2n) is 5.98. The van der Waals surface area contributed by atoms with E-state index in [4.69, 9.17) is 4.74 Å². The molecule has 106 valence electrons. The van der Waals surface area contributed by atoms with Gasteiger partial charge in [-0.05, 0) is 34.5 Å². The highest BCUT2D eigenvalue weighted by Gasteiger charge is 2.20. The highest BCUT2D eigenvalue weighted by atomic mass is 16.5. The van der Waals surface area contributed by atoms with Crippen LogP contribution in [0.5, 0.6) is 5.75 Å². The molecule has 0 atom stereocenters. The first-order valence-electron chi connectivity index (χ1n) is 6.75. The van der Waals surface area contributed by atoms with Crippen molar-refractivity contribution in [2.24, 2.45) is 5.41 Å². The zero-order valence-electron chi connectivity index (χ0n) is 12.5. The lowest BCUT2D eigenvalue weighted by atomic mass is 9.95. The van der Waals surface area contributed by atoms with Gasteiger partial charge in [-0.25, -0.2) is 0 Å². The van der Waals surface area contributed by atoms with Crippen molar-refractivity contribution in [2.75, 3.05) is 7.11 Å². The SMILES string of the molecule is COc1ccc2cc(CNC(=O)C(C)(C)C)ccc2c1. The molecule has 0 saturated carbocycles. The van der Waals surface area contributed by atoms with Gasteiger partial charge in [-0.3, -0.25) is 4.79 Å². The van der Waals surface area contributed by atoms with Crippen LogP contribution in [0.2, 0.25) is 0 Å². The molecule has 3 nitrogen and oxygen atoms in total. The summed E-state index contributed by atoms with van der Waals surface area (Å²) in [7, 11) is 1.66. The normalized spacial score (nSPS) is 11.4. The Bertz CT molecular complexity index is 626. The number of fused-ring (bicyclic) bond motifs is 1. The zero-order chi connectivity index (χ0) is 14.8. The molecule has 0 aromatic heterocycles. The summed E-state index contributed by atoms with van der Waals surface area (Å²) in [6.45, 7) is 6.29. The lowest BCUT2D eigenvalue weighted by Crippen LogP contribution is -2.34. The first kappa shape index (κ1) is 14.4. The van der Waals surface area contributed by atoms with Crippen molar-refractivity contribution in [3.63, 3.8) is 0 Å². The molecule has 0 aliphatic rings. The van der Waals surface area contributed by atoms with Gasteiger partial charge in [0, 0.05) is 12.0 Å². The summed E-state index contributed by atoms with van der Waals surface area (Å²) in [6, 6.07) is 12.2. The highest BCUT2D eigenvalue weighted by molar-refractivity contribution is 5.85. The van der Waals surface area contributed by atoms with Crippen molar-refractivity contribution < 1.29 is 9.53 Å². The van der Waals surface area contributed by atoms with Crippen molar-refractivity contribution in [1.82, 2.24) is 5.32 Å². The molecule has 0 radical (unpaired) electrons. The summed E-state index contributed by atoms with van der Waals surface area (Å²) in [4.78, 5) is 11.9. The van der Waals surface area contributed by atoms with Gasteiger partial charge in [-0.1, -0.05) is 39.0 Å². The molecule has 0 spiro atoms. The van der Waals surface area contributed by atoms with Crippen molar-refractivity contribution in [2.45, 2.75) is 27.3 Å². The molecule has 0 heterocycles. The number of rotatable bonds is 3. The molecule has 0 aliphatic heterocycles. The third kappa shape index (κ3) is 3.29. The van der Waals surface area contributed by atoms with E-state index in [0.717, 1.165) is 22.1 Å². The van der Waals surface area contributed by atoms with Crippen LogP contribution in [0, 0.1) is 5.41 Å². The Morgan fingerprint density at radius 3 is 2.40 bits per heavy atom. The van der Waals surface area contributed by atoms with E-state index >= 15 is 0 Å². The second-order valence-corrected chi connectivity index (χ2v) is 5.98. The lowest BCUT2D eigenvalue weighted by molar-refractivity contribution is -0.128. The topological polar surface area (TPSA) is 38.3 Å². The molecule has 0 saturated heterocycles. The van der Waals surface area contributed by atoms with Crippen LogP contribution < -0.4 is 10.1 Å². The van der Waals surface area contributed by atoms with Crippen molar-refractivity contribution >= 4 is 16.7 Å². The van der Waals surface area contributed by atoms with Crippen LogP contribution in [0.25, 0.3) is 10.8 Å². The lowest BCUT2D eigenvalue weighted by Gasteiger charge is -2.17. The molecule has 2 rings (SSSR count). The first-order chi connectivity index (χ1) is 9.40. The number of hydrogen-bond donors (Lipinski definition) is 1. The van der Waals surface area contributed by atoms with Crippen molar-refractivity contribution in [3.05, 3.63) is 42.0 Å². The van der Waals surface area contributed by atoms with Crippen LogP contribution in [0.1, 0.15) is 26.3 Å². The second kappa shape index (κ2) is 5.53. The van der Waals surface area contributed by atoms with Gasteiger partial charge in [0.05, 0.1) is 7.11 Å². The first-order valence-corrected chi connectivity index (χ1v) is 6.75. The third-order valence-corrected chi connectivity index (χ3v) is 3.25. The minimum absolute atomic E-state index is 0.0623. The van der Waals surface area contributed by atoms with Crippen molar-refractivity contribution in [3.8, 4) is 5.75 Å². The van der Waals surface area contributed by atoms with E-state index in [1.165, 1.54) is 0 Å². The maximum Gasteiger partial charge on any atom is 0.225 e. The molecular formula is C17H21NO2. The van der Waals surface area contributed by atoms with Crippen LogP contribution in [0.3, 0.4) is 0 Å². The van der Waals surface area contributed by atoms with E-state index in [-0.39, 0.29) is 11.3 Å². The fourth-order valence-electron chi connectivity index (χ4n) is 1.96. The number of methoxy groups -OCH3 is 1. The zero-order valence-corrected chi connectivity index (χ0v) is 12.5. The maximum absolute atomic E-state index is 11.9. The molecule has 0 aliphatic carbocycles. The molecule has 20 heavy (non-hydrogen) atoms. The van der Waals surface area contributed by atoms with E-state index in [9.17, 15) is 4.79 Å². The average Bonchev–Trinajstić information content (AvgIpc) is 2.42. The molecule has 0 bridgehead atoms. The summed E-state index contributed by atoms with van der Waals surface area (Å²) in [5.74, 6) is 0.915. The average molecular weight is 271 g/mol. The minimum atomic E-state index is -0.357. The minimum Gasteiger partial charge on any atom is -0.497 e. The number of amides is 1. The molecule has 1 amide bonds. The monoisotopic (exact) mass is 271 g/mol. The Kier molecular flexibility index (Phi) is 3.98. The molecule has 0 fully saturated rings. The van der Waals surface area contributed by atoms with Gasteiger partial charge in [0.15, 0.2) is 0 Å². The fraction of sp³-hybridized carbons (Fsp3) is 0.353. The van der Waals surface area contributed by atoms with Gasteiger partial charge in [-0.2, -0.15) is 0 Å². The van der Waals surface area contributed by atoms with Gasteiger partial charge in [0.25, 0.3) is 0 Å². The van der Waals surface area contributed by atoms with Crippen LogP contribution in [-0.4, -0.2) is 13.0 Å². The van der Waals surface area contributed by atoms with Gasteiger partial charge in [0.2, 0.25) is 5.91 Å². The Morgan fingerprint density at radius 1 is 1.10 bits per heavy atom. The number of benzene rings is 2. The molecule has 2 aromatic carbocycles. The third-order valence-electron chi connectivity index (χ3n) is 3.25. The highest BCUT2D eigenvalue weighted by Crippen LogP contribution is 2.22. The number of nitrogens with one attached hydrogen (secondary N) is 1. The van der Waals surface area contributed by atoms with Crippen LogP contribution in [0.15, 0.2) is 36.4 Å². The van der Waals surface area contributed by atoms with E-state index in [1.807, 2.05) is 45.0 Å². The maximum atomic E-state index is 11.9. The predicted molar refractivity (Wildman–Crippen MR) is 81.8 cm³/mol. The predicted octanol–water partition coefficient (Wildman–Crippen LogP) is 3.51. The summed E-state index contributed by atoms with van der Waals surface area (Å²) in [5.41, 5.74) is 0.741. The molecule has 1 N–H and O–H groups in total. The summed E-state index contributed by atoms with van der Waals surface area (Å²) >= 11 is 0. The van der Waals surface area contributed by atoms with Crippen LogP contribution in [-0.2, 0) is 11.3 Å². The smallest absolute Gasteiger partial charge is 0.225 e. The number of carbonyl (C=O) groups excluding carboxylic acids is 1. The molecule has 3 heteroatoms. The Hall–Kier alpha value is -2.03.